The van der Waals surface area contributed by atoms with Crippen molar-refractivity contribution >= 4 is 0 Å². The molecule has 0 bridgehead atoms. The van der Waals surface area contributed by atoms with E-state index in [9.17, 15) is 0 Å². The SMILES string of the molecule is COc1cc(C)c(C)cc1CN(C)CC(C)(C)C#N. The summed E-state index contributed by atoms with van der Waals surface area (Å²) in [6.45, 7) is 9.64. The molecule has 0 amide bonds. The lowest BCUT2D eigenvalue weighted by atomic mass is 9.95. The Morgan fingerprint density at radius 2 is 1.84 bits per heavy atom. The number of aryl methyl sites for hydroxylation is 2. The normalized spacial score (nSPS) is 11.5. The Balaban J connectivity index is 2.88. The zero-order chi connectivity index (χ0) is 14.6. The fourth-order valence-corrected chi connectivity index (χ4v) is 2.22. The Labute approximate surface area is 116 Å². The maximum absolute atomic E-state index is 9.09. The molecule has 0 N–H and O–H groups in total. The highest BCUT2D eigenvalue weighted by Crippen LogP contribution is 2.25. The lowest BCUT2D eigenvalue weighted by Gasteiger charge is -2.25. The highest BCUT2D eigenvalue weighted by molar-refractivity contribution is 5.41. The molecule has 0 saturated carbocycles. The Morgan fingerprint density at radius 1 is 1.26 bits per heavy atom. The van der Waals surface area contributed by atoms with Gasteiger partial charge in [-0.05, 0) is 51.9 Å². The van der Waals surface area contributed by atoms with Crippen LogP contribution in [0.15, 0.2) is 12.1 Å². The van der Waals surface area contributed by atoms with E-state index in [4.69, 9.17) is 10.00 Å². The topological polar surface area (TPSA) is 36.3 Å². The van der Waals surface area contributed by atoms with Gasteiger partial charge in [0, 0.05) is 18.7 Å². The molecule has 0 aliphatic carbocycles. The van der Waals surface area contributed by atoms with Crippen LogP contribution < -0.4 is 4.74 Å². The molecule has 0 atom stereocenters. The van der Waals surface area contributed by atoms with E-state index in [2.05, 4.69) is 36.9 Å². The maximum Gasteiger partial charge on any atom is 0.123 e. The van der Waals surface area contributed by atoms with Crippen LogP contribution in [0.2, 0.25) is 0 Å². The molecule has 1 aromatic rings. The second kappa shape index (κ2) is 6.08. The molecule has 0 saturated heterocycles. The van der Waals surface area contributed by atoms with Crippen LogP contribution in [0.4, 0.5) is 0 Å². The van der Waals surface area contributed by atoms with Crippen molar-refractivity contribution in [2.75, 3.05) is 20.7 Å². The number of hydrogen-bond donors (Lipinski definition) is 0. The summed E-state index contributed by atoms with van der Waals surface area (Å²) in [4.78, 5) is 2.16. The third kappa shape index (κ3) is 4.25. The Bertz CT molecular complexity index is 486. The predicted molar refractivity (Wildman–Crippen MR) is 78.2 cm³/mol. The van der Waals surface area contributed by atoms with E-state index in [0.717, 1.165) is 18.8 Å². The molecule has 1 rings (SSSR count). The highest BCUT2D eigenvalue weighted by atomic mass is 16.5. The summed E-state index contributed by atoms with van der Waals surface area (Å²) in [6, 6.07) is 6.58. The van der Waals surface area contributed by atoms with Crippen LogP contribution in [-0.2, 0) is 6.54 Å². The minimum Gasteiger partial charge on any atom is -0.496 e. The largest absolute Gasteiger partial charge is 0.496 e. The van der Waals surface area contributed by atoms with Crippen LogP contribution in [0, 0.1) is 30.6 Å². The van der Waals surface area contributed by atoms with Gasteiger partial charge in [0.15, 0.2) is 0 Å². The zero-order valence-electron chi connectivity index (χ0n) is 12.9. The molecule has 3 nitrogen and oxygen atoms in total. The summed E-state index contributed by atoms with van der Waals surface area (Å²) in [6.07, 6.45) is 0. The number of nitrogens with zero attached hydrogens (tertiary/aromatic N) is 2. The number of rotatable bonds is 5. The lowest BCUT2D eigenvalue weighted by Crippen LogP contribution is -2.30. The first kappa shape index (κ1) is 15.5. The average molecular weight is 260 g/mol. The number of nitriles is 1. The molecule has 0 heterocycles. The van der Waals surface area contributed by atoms with Crippen molar-refractivity contribution in [3.8, 4) is 11.8 Å². The van der Waals surface area contributed by atoms with Crippen molar-refractivity contribution in [1.29, 1.82) is 5.26 Å². The molecule has 0 aromatic heterocycles. The van der Waals surface area contributed by atoms with Crippen LogP contribution in [0.5, 0.6) is 5.75 Å². The third-order valence-corrected chi connectivity index (χ3v) is 3.30. The zero-order valence-corrected chi connectivity index (χ0v) is 12.9. The minimum absolute atomic E-state index is 0.332. The van der Waals surface area contributed by atoms with Crippen molar-refractivity contribution in [1.82, 2.24) is 4.90 Å². The van der Waals surface area contributed by atoms with Gasteiger partial charge < -0.3 is 9.64 Å². The molecule has 104 valence electrons. The number of ether oxygens (including phenoxy) is 1. The lowest BCUT2D eigenvalue weighted by molar-refractivity contribution is 0.245. The van der Waals surface area contributed by atoms with Crippen LogP contribution in [0.25, 0.3) is 0 Å². The summed E-state index contributed by atoms with van der Waals surface area (Å²) >= 11 is 0. The van der Waals surface area contributed by atoms with E-state index in [1.807, 2.05) is 20.9 Å². The Hall–Kier alpha value is -1.53. The summed E-state index contributed by atoms with van der Waals surface area (Å²) in [7, 11) is 3.74. The Kier molecular flexibility index (Phi) is 4.97. The van der Waals surface area contributed by atoms with E-state index in [-0.39, 0.29) is 5.41 Å². The molecule has 19 heavy (non-hydrogen) atoms. The summed E-state index contributed by atoms with van der Waals surface area (Å²) in [5, 5.41) is 9.09. The van der Waals surface area contributed by atoms with E-state index < -0.39 is 0 Å². The molecule has 0 fully saturated rings. The third-order valence-electron chi connectivity index (χ3n) is 3.30. The summed E-state index contributed by atoms with van der Waals surface area (Å²) in [5.74, 6) is 0.921. The van der Waals surface area contributed by atoms with Gasteiger partial charge in [-0.2, -0.15) is 5.26 Å². The van der Waals surface area contributed by atoms with Crippen molar-refractivity contribution in [3.63, 3.8) is 0 Å². The fraction of sp³-hybridized carbons (Fsp3) is 0.562. The second-order valence-corrected chi connectivity index (χ2v) is 5.92. The van der Waals surface area contributed by atoms with Gasteiger partial charge in [0.2, 0.25) is 0 Å². The minimum atomic E-state index is -0.332. The summed E-state index contributed by atoms with van der Waals surface area (Å²) in [5.41, 5.74) is 3.34. The van der Waals surface area contributed by atoms with Gasteiger partial charge in [0.1, 0.15) is 5.75 Å². The molecular formula is C16H24N2O. The van der Waals surface area contributed by atoms with Gasteiger partial charge in [-0.1, -0.05) is 6.07 Å². The van der Waals surface area contributed by atoms with Gasteiger partial charge in [0.25, 0.3) is 0 Å². The fourth-order valence-electron chi connectivity index (χ4n) is 2.22. The van der Waals surface area contributed by atoms with Crippen LogP contribution in [0.1, 0.15) is 30.5 Å². The molecule has 1 aromatic carbocycles. The average Bonchev–Trinajstić information content (AvgIpc) is 2.32. The first-order valence-electron chi connectivity index (χ1n) is 6.53. The summed E-state index contributed by atoms with van der Waals surface area (Å²) < 4.78 is 5.45. The van der Waals surface area contributed by atoms with Gasteiger partial charge in [-0.25, -0.2) is 0 Å². The molecule has 0 aliphatic rings. The number of benzene rings is 1. The van der Waals surface area contributed by atoms with Gasteiger partial charge in [-0.3, -0.25) is 0 Å². The quantitative estimate of drug-likeness (QED) is 0.815. The van der Waals surface area contributed by atoms with Crippen molar-refractivity contribution in [3.05, 3.63) is 28.8 Å². The van der Waals surface area contributed by atoms with E-state index in [1.54, 1.807) is 7.11 Å². The molecule has 0 unspecified atom stereocenters. The molecular weight excluding hydrogens is 236 g/mol. The van der Waals surface area contributed by atoms with Gasteiger partial charge in [-0.15, -0.1) is 0 Å². The standard InChI is InChI=1S/C16H24N2O/c1-12-7-14(15(19-6)8-13(12)2)9-18(5)11-16(3,4)10-17/h7-8H,9,11H2,1-6H3. The smallest absolute Gasteiger partial charge is 0.123 e. The van der Waals surface area contributed by atoms with Crippen LogP contribution >= 0.6 is 0 Å². The Morgan fingerprint density at radius 3 is 2.37 bits per heavy atom. The van der Waals surface area contributed by atoms with Crippen LogP contribution in [-0.4, -0.2) is 25.6 Å². The molecule has 0 radical (unpaired) electrons. The van der Waals surface area contributed by atoms with Crippen LogP contribution in [0.3, 0.4) is 0 Å². The van der Waals surface area contributed by atoms with Gasteiger partial charge in [0.05, 0.1) is 18.6 Å². The molecule has 0 aliphatic heterocycles. The molecule has 0 spiro atoms. The van der Waals surface area contributed by atoms with E-state index in [0.29, 0.717) is 0 Å². The van der Waals surface area contributed by atoms with E-state index in [1.165, 1.54) is 16.7 Å². The predicted octanol–water partition coefficient (Wildman–Crippen LogP) is 3.29. The molecule has 3 heteroatoms. The van der Waals surface area contributed by atoms with Crippen molar-refractivity contribution in [2.45, 2.75) is 34.2 Å². The van der Waals surface area contributed by atoms with E-state index >= 15 is 0 Å². The van der Waals surface area contributed by atoms with Gasteiger partial charge >= 0.3 is 0 Å². The maximum atomic E-state index is 9.09. The second-order valence-electron chi connectivity index (χ2n) is 5.92. The highest BCUT2D eigenvalue weighted by Gasteiger charge is 2.20. The first-order valence-corrected chi connectivity index (χ1v) is 6.53. The first-order chi connectivity index (χ1) is 8.79. The monoisotopic (exact) mass is 260 g/mol. The van der Waals surface area contributed by atoms with Crippen molar-refractivity contribution < 1.29 is 4.74 Å². The van der Waals surface area contributed by atoms with Crippen molar-refractivity contribution in [2.24, 2.45) is 5.41 Å². The number of hydrogen-bond acceptors (Lipinski definition) is 3. The number of methoxy groups -OCH3 is 1.